The smallest absolute Gasteiger partial charge is 0.248 e. The average Bonchev–Trinajstić information content (AvgIpc) is 3.05. The number of pyridine rings is 1. The minimum absolute atomic E-state index is 0.188. The molecule has 0 saturated heterocycles. The van der Waals surface area contributed by atoms with Gasteiger partial charge in [0.15, 0.2) is 5.82 Å². The molecule has 0 aliphatic heterocycles. The summed E-state index contributed by atoms with van der Waals surface area (Å²) in [6.07, 6.45) is 1.73. The number of nitrogens with zero attached hydrogens (tertiary/aromatic N) is 5. The third-order valence-electron chi connectivity index (χ3n) is 3.85. The second-order valence-corrected chi connectivity index (χ2v) is 6.36. The predicted octanol–water partition coefficient (Wildman–Crippen LogP) is 3.83. The first-order chi connectivity index (χ1) is 11.9. The highest BCUT2D eigenvalue weighted by Crippen LogP contribution is 2.23. The van der Waals surface area contributed by atoms with Crippen LogP contribution in [-0.4, -0.2) is 25.1 Å². The van der Waals surface area contributed by atoms with Gasteiger partial charge < -0.3 is 9.84 Å². The topological polar surface area (TPSA) is 89.6 Å². The van der Waals surface area contributed by atoms with Crippen molar-refractivity contribution in [2.45, 2.75) is 46.6 Å². The van der Waals surface area contributed by atoms with Crippen molar-refractivity contribution in [3.05, 3.63) is 47.5 Å². The molecule has 0 aliphatic carbocycles. The van der Waals surface area contributed by atoms with Crippen molar-refractivity contribution in [1.82, 2.24) is 25.1 Å². The van der Waals surface area contributed by atoms with E-state index in [1.807, 2.05) is 52.8 Å². The number of aryl methyl sites for hydroxylation is 2. The first kappa shape index (κ1) is 17.0. The summed E-state index contributed by atoms with van der Waals surface area (Å²) in [5, 5.41) is 7.20. The van der Waals surface area contributed by atoms with Gasteiger partial charge in [0.2, 0.25) is 11.8 Å². The van der Waals surface area contributed by atoms with Gasteiger partial charge in [0.25, 0.3) is 0 Å². The molecule has 1 atom stereocenters. The van der Waals surface area contributed by atoms with E-state index in [-0.39, 0.29) is 12.0 Å². The van der Waals surface area contributed by atoms with Crippen molar-refractivity contribution in [3.63, 3.8) is 0 Å². The molecule has 0 fully saturated rings. The maximum Gasteiger partial charge on any atom is 0.248 e. The van der Waals surface area contributed by atoms with Crippen LogP contribution in [-0.2, 0) is 0 Å². The molecule has 0 aliphatic rings. The Morgan fingerprint density at radius 2 is 1.80 bits per heavy atom. The number of nitrogens with one attached hydrogen (secondary N) is 1. The first-order valence-corrected chi connectivity index (χ1v) is 8.31. The van der Waals surface area contributed by atoms with Crippen LogP contribution in [0.3, 0.4) is 0 Å². The van der Waals surface area contributed by atoms with Gasteiger partial charge in [0, 0.05) is 29.1 Å². The molecule has 0 amide bonds. The van der Waals surface area contributed by atoms with Crippen molar-refractivity contribution >= 4 is 5.95 Å². The molecular formula is C18H22N6O. The van der Waals surface area contributed by atoms with Crippen molar-refractivity contribution in [2.24, 2.45) is 0 Å². The minimum Gasteiger partial charge on any atom is -0.343 e. The molecule has 3 rings (SSSR count). The molecule has 3 aromatic heterocycles. The molecule has 7 nitrogen and oxygen atoms in total. The predicted molar refractivity (Wildman–Crippen MR) is 95.2 cm³/mol. The zero-order chi connectivity index (χ0) is 18.0. The zero-order valence-electron chi connectivity index (χ0n) is 15.1. The fourth-order valence-electron chi connectivity index (χ4n) is 2.45. The molecule has 1 N–H and O–H groups in total. The van der Waals surface area contributed by atoms with Crippen LogP contribution in [0.4, 0.5) is 5.95 Å². The molecule has 3 aromatic rings. The molecule has 0 unspecified atom stereocenters. The highest BCUT2D eigenvalue weighted by molar-refractivity contribution is 5.62. The summed E-state index contributed by atoms with van der Waals surface area (Å²) in [5.41, 5.74) is 3.74. The van der Waals surface area contributed by atoms with Crippen LogP contribution in [0.5, 0.6) is 0 Å². The SMILES string of the molecule is Cc1ccc(-c2ccnc(N[C@H](C)c3nc(C(C)C)no3)n2)c(C)n1. The van der Waals surface area contributed by atoms with Crippen molar-refractivity contribution in [2.75, 3.05) is 5.32 Å². The van der Waals surface area contributed by atoms with E-state index in [4.69, 9.17) is 4.52 Å². The summed E-state index contributed by atoms with van der Waals surface area (Å²) in [7, 11) is 0. The Morgan fingerprint density at radius 3 is 2.48 bits per heavy atom. The maximum atomic E-state index is 5.32. The number of hydrogen-bond acceptors (Lipinski definition) is 7. The molecule has 130 valence electrons. The molecule has 0 aromatic carbocycles. The number of hydrogen-bond donors (Lipinski definition) is 1. The molecule has 0 bridgehead atoms. The van der Waals surface area contributed by atoms with Gasteiger partial charge >= 0.3 is 0 Å². The maximum absolute atomic E-state index is 5.32. The Hall–Kier alpha value is -2.83. The van der Waals surface area contributed by atoms with Crippen LogP contribution < -0.4 is 5.32 Å². The van der Waals surface area contributed by atoms with Gasteiger partial charge in [-0.3, -0.25) is 4.98 Å². The number of aromatic nitrogens is 5. The lowest BCUT2D eigenvalue weighted by Gasteiger charge is -2.11. The third-order valence-corrected chi connectivity index (χ3v) is 3.85. The molecule has 7 heteroatoms. The van der Waals surface area contributed by atoms with Crippen LogP contribution >= 0.6 is 0 Å². The van der Waals surface area contributed by atoms with E-state index in [0.29, 0.717) is 17.7 Å². The van der Waals surface area contributed by atoms with Gasteiger partial charge in [-0.1, -0.05) is 19.0 Å². The fraction of sp³-hybridized carbons (Fsp3) is 0.389. The second-order valence-electron chi connectivity index (χ2n) is 6.36. The number of rotatable bonds is 5. The quantitative estimate of drug-likeness (QED) is 0.756. The van der Waals surface area contributed by atoms with Crippen molar-refractivity contribution < 1.29 is 4.52 Å². The van der Waals surface area contributed by atoms with E-state index in [2.05, 4.69) is 30.4 Å². The summed E-state index contributed by atoms with van der Waals surface area (Å²) in [5.74, 6) is 1.95. The van der Waals surface area contributed by atoms with Gasteiger partial charge in [-0.05, 0) is 39.0 Å². The molecule has 3 heterocycles. The lowest BCUT2D eigenvalue weighted by Crippen LogP contribution is -2.10. The highest BCUT2D eigenvalue weighted by atomic mass is 16.5. The third kappa shape index (κ3) is 3.81. The molecule has 0 saturated carbocycles. The highest BCUT2D eigenvalue weighted by Gasteiger charge is 2.17. The fourth-order valence-corrected chi connectivity index (χ4v) is 2.45. The van der Waals surface area contributed by atoms with Gasteiger partial charge in [0.1, 0.15) is 6.04 Å². The van der Waals surface area contributed by atoms with E-state index in [0.717, 1.165) is 22.6 Å². The summed E-state index contributed by atoms with van der Waals surface area (Å²) in [6.45, 7) is 9.94. The first-order valence-electron chi connectivity index (χ1n) is 8.31. The van der Waals surface area contributed by atoms with Gasteiger partial charge in [-0.25, -0.2) is 9.97 Å². The Bertz CT molecular complexity index is 874. The van der Waals surface area contributed by atoms with E-state index in [1.54, 1.807) is 6.20 Å². The second kappa shape index (κ2) is 6.96. The molecular weight excluding hydrogens is 316 g/mol. The average molecular weight is 338 g/mol. The summed E-state index contributed by atoms with van der Waals surface area (Å²) < 4.78 is 5.32. The molecule has 25 heavy (non-hydrogen) atoms. The Balaban J connectivity index is 1.81. The minimum atomic E-state index is -0.188. The van der Waals surface area contributed by atoms with Crippen LogP contribution in [0.25, 0.3) is 11.3 Å². The van der Waals surface area contributed by atoms with Gasteiger partial charge in [-0.2, -0.15) is 4.98 Å². The summed E-state index contributed by atoms with van der Waals surface area (Å²) >= 11 is 0. The van der Waals surface area contributed by atoms with E-state index < -0.39 is 0 Å². The van der Waals surface area contributed by atoms with Crippen LogP contribution in [0.1, 0.15) is 55.8 Å². The lowest BCUT2D eigenvalue weighted by molar-refractivity contribution is 0.361. The Morgan fingerprint density at radius 1 is 1.00 bits per heavy atom. The summed E-state index contributed by atoms with van der Waals surface area (Å²) in [6, 6.07) is 5.69. The van der Waals surface area contributed by atoms with Crippen LogP contribution in [0.15, 0.2) is 28.9 Å². The zero-order valence-corrected chi connectivity index (χ0v) is 15.1. The molecule has 0 spiro atoms. The largest absolute Gasteiger partial charge is 0.343 e. The normalized spacial score (nSPS) is 12.4. The van der Waals surface area contributed by atoms with Crippen molar-refractivity contribution in [3.8, 4) is 11.3 Å². The van der Waals surface area contributed by atoms with E-state index in [9.17, 15) is 0 Å². The monoisotopic (exact) mass is 338 g/mol. The standard InChI is InChI=1S/C18H22N6O/c1-10(2)16-23-17(25-24-16)13(5)21-18-19-9-8-15(22-18)14-7-6-11(3)20-12(14)4/h6-10,13H,1-5H3,(H,19,21,22)/t13-/m1/s1. The Labute approximate surface area is 146 Å². The lowest BCUT2D eigenvalue weighted by atomic mass is 10.1. The van der Waals surface area contributed by atoms with Crippen molar-refractivity contribution in [1.29, 1.82) is 0 Å². The van der Waals surface area contributed by atoms with Crippen LogP contribution in [0.2, 0.25) is 0 Å². The number of anilines is 1. The van der Waals surface area contributed by atoms with E-state index >= 15 is 0 Å². The van der Waals surface area contributed by atoms with Gasteiger partial charge in [-0.15, -0.1) is 0 Å². The molecule has 0 radical (unpaired) electrons. The van der Waals surface area contributed by atoms with Crippen LogP contribution in [0, 0.1) is 13.8 Å². The van der Waals surface area contributed by atoms with E-state index in [1.165, 1.54) is 0 Å². The van der Waals surface area contributed by atoms with Gasteiger partial charge in [0.05, 0.1) is 5.69 Å². The Kier molecular flexibility index (Phi) is 4.74. The summed E-state index contributed by atoms with van der Waals surface area (Å²) in [4.78, 5) is 17.8.